The second-order valence-electron chi connectivity index (χ2n) is 5.85. The Labute approximate surface area is 144 Å². The maximum absolute atomic E-state index is 12.4. The first-order chi connectivity index (χ1) is 12.2. The summed E-state index contributed by atoms with van der Waals surface area (Å²) in [6.45, 7) is 2.16. The van der Waals surface area contributed by atoms with E-state index in [1.807, 2.05) is 49.4 Å². The third-order valence-corrected chi connectivity index (χ3v) is 4.16. The number of pyridine rings is 1. The molecule has 0 unspecified atom stereocenters. The molecule has 1 aromatic heterocycles. The molecule has 0 amide bonds. The van der Waals surface area contributed by atoms with Crippen molar-refractivity contribution in [1.29, 1.82) is 5.26 Å². The molecular weight excluding hydrogens is 316 g/mol. The minimum absolute atomic E-state index is 0.0790. The van der Waals surface area contributed by atoms with E-state index in [9.17, 15) is 10.1 Å². The van der Waals surface area contributed by atoms with Gasteiger partial charge in [0.05, 0.1) is 0 Å². The maximum atomic E-state index is 12.4. The number of aromatic nitrogens is 1. The summed E-state index contributed by atoms with van der Waals surface area (Å²) in [5.74, 6) is 1.27. The fourth-order valence-corrected chi connectivity index (χ4v) is 2.93. The molecular formula is C20H14N2O3. The maximum Gasteiger partial charge on any atom is 0.266 e. The van der Waals surface area contributed by atoms with Crippen LogP contribution in [0.1, 0.15) is 11.1 Å². The van der Waals surface area contributed by atoms with Gasteiger partial charge in [0.1, 0.15) is 11.6 Å². The van der Waals surface area contributed by atoms with E-state index >= 15 is 0 Å². The molecule has 0 saturated carbocycles. The third kappa shape index (κ3) is 2.64. The molecule has 1 aliphatic heterocycles. The average Bonchev–Trinajstić information content (AvgIpc) is 3.08. The molecule has 2 heterocycles. The highest BCUT2D eigenvalue weighted by atomic mass is 16.7. The van der Waals surface area contributed by atoms with Gasteiger partial charge in [0, 0.05) is 11.3 Å². The number of nitrogens with one attached hydrogen (secondary N) is 1. The van der Waals surface area contributed by atoms with Crippen LogP contribution in [0.15, 0.2) is 53.3 Å². The molecule has 1 aliphatic rings. The minimum Gasteiger partial charge on any atom is -0.454 e. The third-order valence-electron chi connectivity index (χ3n) is 4.16. The Kier molecular flexibility index (Phi) is 3.51. The lowest BCUT2D eigenvalue weighted by Gasteiger charge is -2.09. The van der Waals surface area contributed by atoms with E-state index in [0.717, 1.165) is 16.7 Å². The lowest BCUT2D eigenvalue weighted by Crippen LogP contribution is -2.12. The van der Waals surface area contributed by atoms with Crippen LogP contribution in [0.4, 0.5) is 0 Å². The second-order valence-corrected chi connectivity index (χ2v) is 5.85. The molecule has 5 nitrogen and oxygen atoms in total. The molecule has 25 heavy (non-hydrogen) atoms. The highest BCUT2D eigenvalue weighted by Crippen LogP contribution is 2.37. The normalized spacial score (nSPS) is 12.0. The molecule has 0 radical (unpaired) electrons. The average molecular weight is 330 g/mol. The van der Waals surface area contributed by atoms with Crippen molar-refractivity contribution in [3.05, 3.63) is 70.0 Å². The number of hydrogen-bond acceptors (Lipinski definition) is 4. The van der Waals surface area contributed by atoms with Gasteiger partial charge < -0.3 is 14.5 Å². The fraction of sp³-hybridized carbons (Fsp3) is 0.100. The smallest absolute Gasteiger partial charge is 0.266 e. The molecule has 4 rings (SSSR count). The van der Waals surface area contributed by atoms with E-state index in [-0.39, 0.29) is 12.4 Å². The molecule has 3 aromatic rings. The molecule has 1 N–H and O–H groups in total. The molecule has 0 fully saturated rings. The zero-order chi connectivity index (χ0) is 17.4. The summed E-state index contributed by atoms with van der Waals surface area (Å²) in [6.07, 6.45) is 0. The van der Waals surface area contributed by atoms with Crippen LogP contribution in [-0.2, 0) is 0 Å². The Hall–Kier alpha value is -3.52. The first-order valence-corrected chi connectivity index (χ1v) is 7.80. The van der Waals surface area contributed by atoms with Crippen LogP contribution in [0.5, 0.6) is 11.5 Å². The molecule has 0 bridgehead atoms. The van der Waals surface area contributed by atoms with Gasteiger partial charge in [0.15, 0.2) is 11.5 Å². The van der Waals surface area contributed by atoms with Gasteiger partial charge in [-0.05, 0) is 42.3 Å². The zero-order valence-electron chi connectivity index (χ0n) is 13.5. The zero-order valence-corrected chi connectivity index (χ0v) is 13.5. The summed E-state index contributed by atoms with van der Waals surface area (Å²) in [4.78, 5) is 15.2. The number of hydrogen-bond donors (Lipinski definition) is 1. The number of ether oxygens (including phenoxy) is 2. The van der Waals surface area contributed by atoms with Gasteiger partial charge >= 0.3 is 0 Å². The number of fused-ring (bicyclic) bond motifs is 1. The molecule has 2 aromatic carbocycles. The van der Waals surface area contributed by atoms with Crippen LogP contribution in [-0.4, -0.2) is 11.8 Å². The SMILES string of the molecule is Cc1cccc(-c2cc(-c3ccc4c(c3)OCO4)c(C#N)c(=O)[nH]2)c1. The van der Waals surface area contributed by atoms with Crippen molar-refractivity contribution < 1.29 is 9.47 Å². The lowest BCUT2D eigenvalue weighted by molar-refractivity contribution is 0.174. The van der Waals surface area contributed by atoms with Crippen molar-refractivity contribution in [3.63, 3.8) is 0 Å². The number of nitriles is 1. The van der Waals surface area contributed by atoms with Crippen molar-refractivity contribution in [2.75, 3.05) is 6.79 Å². The van der Waals surface area contributed by atoms with Gasteiger partial charge in [0.2, 0.25) is 6.79 Å². The van der Waals surface area contributed by atoms with Gasteiger partial charge in [-0.1, -0.05) is 29.8 Å². The Bertz CT molecular complexity index is 1080. The van der Waals surface area contributed by atoms with Crippen molar-refractivity contribution in [2.45, 2.75) is 6.92 Å². The van der Waals surface area contributed by atoms with E-state index < -0.39 is 5.56 Å². The topological polar surface area (TPSA) is 75.1 Å². The number of H-pyrrole nitrogens is 1. The van der Waals surface area contributed by atoms with Gasteiger partial charge in [-0.15, -0.1) is 0 Å². The summed E-state index contributed by atoms with van der Waals surface area (Å²) in [5.41, 5.74) is 3.63. The number of nitrogens with zero attached hydrogens (tertiary/aromatic N) is 1. The Morgan fingerprint density at radius 3 is 2.68 bits per heavy atom. The van der Waals surface area contributed by atoms with Gasteiger partial charge in [-0.3, -0.25) is 4.79 Å². The molecule has 5 heteroatoms. The number of rotatable bonds is 2. The Morgan fingerprint density at radius 2 is 1.88 bits per heavy atom. The largest absolute Gasteiger partial charge is 0.454 e. The van der Waals surface area contributed by atoms with Gasteiger partial charge in [0.25, 0.3) is 5.56 Å². The lowest BCUT2D eigenvalue weighted by atomic mass is 9.98. The highest BCUT2D eigenvalue weighted by Gasteiger charge is 2.17. The molecule has 0 spiro atoms. The quantitative estimate of drug-likeness (QED) is 0.779. The molecule has 0 atom stereocenters. The van der Waals surface area contributed by atoms with E-state index in [0.29, 0.717) is 22.8 Å². The van der Waals surface area contributed by atoms with Crippen LogP contribution >= 0.6 is 0 Å². The molecule has 122 valence electrons. The summed E-state index contributed by atoms with van der Waals surface area (Å²) in [7, 11) is 0. The van der Waals surface area contributed by atoms with E-state index in [1.54, 1.807) is 12.1 Å². The molecule has 0 saturated heterocycles. The van der Waals surface area contributed by atoms with E-state index in [2.05, 4.69) is 4.98 Å². The van der Waals surface area contributed by atoms with Crippen LogP contribution < -0.4 is 15.0 Å². The predicted octanol–water partition coefficient (Wildman–Crippen LogP) is 3.62. The number of aromatic amines is 1. The van der Waals surface area contributed by atoms with Crippen LogP contribution in [0, 0.1) is 18.3 Å². The first kappa shape index (κ1) is 15.0. The van der Waals surface area contributed by atoms with Gasteiger partial charge in [-0.2, -0.15) is 5.26 Å². The van der Waals surface area contributed by atoms with Crippen molar-refractivity contribution in [3.8, 4) is 40.0 Å². The van der Waals surface area contributed by atoms with Crippen molar-refractivity contribution in [2.24, 2.45) is 0 Å². The Morgan fingerprint density at radius 1 is 1.04 bits per heavy atom. The predicted molar refractivity (Wildman–Crippen MR) is 93.5 cm³/mol. The molecule has 0 aliphatic carbocycles. The van der Waals surface area contributed by atoms with E-state index in [1.165, 1.54) is 0 Å². The number of aryl methyl sites for hydroxylation is 1. The van der Waals surface area contributed by atoms with Gasteiger partial charge in [-0.25, -0.2) is 0 Å². The number of benzene rings is 2. The van der Waals surface area contributed by atoms with Crippen LogP contribution in [0.3, 0.4) is 0 Å². The summed E-state index contributed by atoms with van der Waals surface area (Å²) >= 11 is 0. The summed E-state index contributed by atoms with van der Waals surface area (Å²) in [6, 6.07) is 17.1. The van der Waals surface area contributed by atoms with E-state index in [4.69, 9.17) is 9.47 Å². The second kappa shape index (κ2) is 5.84. The first-order valence-electron chi connectivity index (χ1n) is 7.80. The Balaban J connectivity index is 1.92. The standard InChI is InChI=1S/C20H14N2O3/c1-12-3-2-4-14(7-12)17-9-15(16(10-21)20(23)22-17)13-5-6-18-19(8-13)25-11-24-18/h2-9H,11H2,1H3,(H,22,23). The summed E-state index contributed by atoms with van der Waals surface area (Å²) in [5, 5.41) is 9.43. The van der Waals surface area contributed by atoms with Crippen molar-refractivity contribution >= 4 is 0 Å². The minimum atomic E-state index is -0.408. The fourth-order valence-electron chi connectivity index (χ4n) is 2.93. The van der Waals surface area contributed by atoms with Crippen LogP contribution in [0.25, 0.3) is 22.4 Å². The highest BCUT2D eigenvalue weighted by molar-refractivity contribution is 5.77. The monoisotopic (exact) mass is 330 g/mol. The summed E-state index contributed by atoms with van der Waals surface area (Å²) < 4.78 is 10.7. The van der Waals surface area contributed by atoms with Crippen LogP contribution in [0.2, 0.25) is 0 Å². The van der Waals surface area contributed by atoms with Crippen molar-refractivity contribution in [1.82, 2.24) is 4.98 Å².